The molecule has 1 aliphatic carbocycles. The van der Waals surface area contributed by atoms with Gasteiger partial charge in [0.2, 0.25) is 0 Å². The van der Waals surface area contributed by atoms with E-state index in [-0.39, 0.29) is 17.5 Å². The van der Waals surface area contributed by atoms with Crippen LogP contribution in [0, 0.1) is 0 Å². The monoisotopic (exact) mass is 373 g/mol. The highest BCUT2D eigenvalue weighted by molar-refractivity contribution is 9.10. The summed E-state index contributed by atoms with van der Waals surface area (Å²) in [4.78, 5) is 6.54. The number of halogens is 1. The van der Waals surface area contributed by atoms with Crippen LogP contribution in [0.15, 0.2) is 16.7 Å². The summed E-state index contributed by atoms with van der Waals surface area (Å²) < 4.78 is 24.3. The molecule has 0 aromatic carbocycles. The lowest BCUT2D eigenvalue weighted by atomic mass is 10.2. The van der Waals surface area contributed by atoms with Crippen LogP contribution in [-0.4, -0.2) is 44.0 Å². The molecule has 1 aromatic heterocycles. The minimum Gasteiger partial charge on any atom is -0.355 e. The first-order valence-corrected chi connectivity index (χ1v) is 9.87. The molecule has 5 nitrogen and oxygen atoms in total. The summed E-state index contributed by atoms with van der Waals surface area (Å²) in [7, 11) is -0.933. The molecule has 2 heterocycles. The topological polar surface area (TPSA) is 62.3 Å². The van der Waals surface area contributed by atoms with Crippen molar-refractivity contribution in [1.29, 1.82) is 0 Å². The first-order chi connectivity index (χ1) is 9.94. The summed E-state index contributed by atoms with van der Waals surface area (Å²) in [6.45, 7) is 0.774. The quantitative estimate of drug-likeness (QED) is 0.851. The standard InChI is InChI=1S/C14H20BrN3O2S/c1-18(13-4-5-21(19,20)9-13)14-10(6-11(15)8-17-14)7-16-12-2-3-12/h6,8,12-13,16H,2-5,7,9H2,1H3. The van der Waals surface area contributed by atoms with Crippen LogP contribution in [0.25, 0.3) is 0 Å². The Morgan fingerprint density at radius 3 is 2.81 bits per heavy atom. The normalized spacial score (nSPS) is 24.2. The summed E-state index contributed by atoms with van der Waals surface area (Å²) in [6, 6.07) is 2.73. The Morgan fingerprint density at radius 1 is 1.43 bits per heavy atom. The second kappa shape index (κ2) is 5.85. The van der Waals surface area contributed by atoms with Crippen molar-refractivity contribution in [2.75, 3.05) is 23.5 Å². The Labute approximate surface area is 134 Å². The van der Waals surface area contributed by atoms with E-state index in [1.807, 2.05) is 11.9 Å². The Bertz CT molecular complexity index is 631. The van der Waals surface area contributed by atoms with Gasteiger partial charge in [0, 0.05) is 41.9 Å². The maximum atomic E-state index is 11.7. The van der Waals surface area contributed by atoms with Gasteiger partial charge in [0.25, 0.3) is 0 Å². The zero-order chi connectivity index (χ0) is 15.0. The summed E-state index contributed by atoms with van der Waals surface area (Å²) >= 11 is 3.47. The summed E-state index contributed by atoms with van der Waals surface area (Å²) in [6.07, 6.45) is 4.95. The van der Waals surface area contributed by atoms with E-state index in [0.29, 0.717) is 12.5 Å². The SMILES string of the molecule is CN(c1ncc(Br)cc1CNC1CC1)C1CCS(=O)(=O)C1. The largest absolute Gasteiger partial charge is 0.355 e. The van der Waals surface area contributed by atoms with Crippen molar-refractivity contribution in [3.8, 4) is 0 Å². The van der Waals surface area contributed by atoms with Crippen molar-refractivity contribution in [1.82, 2.24) is 10.3 Å². The molecule has 1 aliphatic heterocycles. The lowest BCUT2D eigenvalue weighted by Gasteiger charge is -2.27. The number of aromatic nitrogens is 1. The van der Waals surface area contributed by atoms with Crippen LogP contribution < -0.4 is 10.2 Å². The first kappa shape index (κ1) is 15.2. The summed E-state index contributed by atoms with van der Waals surface area (Å²) in [5, 5.41) is 3.50. The predicted molar refractivity (Wildman–Crippen MR) is 87.3 cm³/mol. The van der Waals surface area contributed by atoms with Crippen molar-refractivity contribution in [2.45, 2.75) is 37.9 Å². The zero-order valence-corrected chi connectivity index (χ0v) is 14.5. The number of hydrogen-bond donors (Lipinski definition) is 1. The smallest absolute Gasteiger partial charge is 0.152 e. The van der Waals surface area contributed by atoms with Gasteiger partial charge >= 0.3 is 0 Å². The first-order valence-electron chi connectivity index (χ1n) is 7.26. The number of pyridine rings is 1. The number of hydrogen-bond acceptors (Lipinski definition) is 5. The molecule has 3 rings (SSSR count). The van der Waals surface area contributed by atoms with Crippen LogP contribution in [0.1, 0.15) is 24.8 Å². The number of anilines is 1. The fraction of sp³-hybridized carbons (Fsp3) is 0.643. The van der Waals surface area contributed by atoms with E-state index in [9.17, 15) is 8.42 Å². The van der Waals surface area contributed by atoms with Gasteiger partial charge in [0.05, 0.1) is 11.5 Å². The second-order valence-electron chi connectivity index (χ2n) is 5.96. The maximum absolute atomic E-state index is 11.7. The van der Waals surface area contributed by atoms with Gasteiger partial charge in [-0.15, -0.1) is 0 Å². The highest BCUT2D eigenvalue weighted by atomic mass is 79.9. The number of rotatable bonds is 5. The second-order valence-corrected chi connectivity index (χ2v) is 9.10. The molecular weight excluding hydrogens is 354 g/mol. The molecule has 0 spiro atoms. The fourth-order valence-corrected chi connectivity index (χ4v) is 4.87. The fourth-order valence-electron chi connectivity index (χ4n) is 2.72. The third-order valence-electron chi connectivity index (χ3n) is 4.16. The molecule has 1 unspecified atom stereocenters. The third kappa shape index (κ3) is 3.76. The van der Waals surface area contributed by atoms with Gasteiger partial charge in [-0.05, 0) is 41.3 Å². The van der Waals surface area contributed by atoms with Crippen molar-refractivity contribution < 1.29 is 8.42 Å². The van der Waals surface area contributed by atoms with Crippen molar-refractivity contribution in [3.05, 3.63) is 22.3 Å². The van der Waals surface area contributed by atoms with E-state index in [4.69, 9.17) is 0 Å². The maximum Gasteiger partial charge on any atom is 0.152 e. The van der Waals surface area contributed by atoms with Crippen molar-refractivity contribution in [3.63, 3.8) is 0 Å². The molecule has 0 bridgehead atoms. The van der Waals surface area contributed by atoms with Crippen LogP contribution >= 0.6 is 15.9 Å². The summed E-state index contributed by atoms with van der Waals surface area (Å²) in [5.74, 6) is 1.40. The molecule has 1 saturated heterocycles. The average Bonchev–Trinajstić information content (AvgIpc) is 3.18. The van der Waals surface area contributed by atoms with Gasteiger partial charge in [-0.2, -0.15) is 0 Å². The van der Waals surface area contributed by atoms with Crippen LogP contribution in [0.3, 0.4) is 0 Å². The number of nitrogens with zero attached hydrogens (tertiary/aromatic N) is 2. The highest BCUT2D eigenvalue weighted by Crippen LogP contribution is 2.27. The van der Waals surface area contributed by atoms with Gasteiger partial charge < -0.3 is 10.2 Å². The Hall–Kier alpha value is -0.660. The molecule has 1 atom stereocenters. The van der Waals surface area contributed by atoms with Gasteiger partial charge in [0.15, 0.2) is 9.84 Å². The van der Waals surface area contributed by atoms with Crippen LogP contribution in [0.2, 0.25) is 0 Å². The van der Waals surface area contributed by atoms with E-state index in [0.717, 1.165) is 22.4 Å². The van der Waals surface area contributed by atoms with Gasteiger partial charge in [-0.3, -0.25) is 0 Å². The molecule has 1 N–H and O–H groups in total. The minimum atomic E-state index is -2.88. The molecule has 2 aliphatic rings. The Morgan fingerprint density at radius 2 is 2.19 bits per heavy atom. The highest BCUT2D eigenvalue weighted by Gasteiger charge is 2.32. The molecule has 21 heavy (non-hydrogen) atoms. The minimum absolute atomic E-state index is 0.0309. The van der Waals surface area contributed by atoms with E-state index < -0.39 is 9.84 Å². The summed E-state index contributed by atoms with van der Waals surface area (Å²) in [5.41, 5.74) is 1.11. The number of nitrogens with one attached hydrogen (secondary N) is 1. The lowest BCUT2D eigenvalue weighted by molar-refractivity contribution is 0.600. The molecule has 7 heteroatoms. The van der Waals surface area contributed by atoms with Gasteiger partial charge in [-0.25, -0.2) is 13.4 Å². The van der Waals surface area contributed by atoms with E-state index in [1.165, 1.54) is 12.8 Å². The van der Waals surface area contributed by atoms with Gasteiger partial charge in [-0.1, -0.05) is 0 Å². The average molecular weight is 374 g/mol. The Kier molecular flexibility index (Phi) is 4.25. The lowest BCUT2D eigenvalue weighted by Crippen LogP contribution is -2.34. The predicted octanol–water partition coefficient (Wildman–Crippen LogP) is 1.72. The molecule has 1 aromatic rings. The van der Waals surface area contributed by atoms with E-state index in [1.54, 1.807) is 6.20 Å². The molecule has 1 saturated carbocycles. The van der Waals surface area contributed by atoms with Crippen LogP contribution in [0.5, 0.6) is 0 Å². The van der Waals surface area contributed by atoms with E-state index >= 15 is 0 Å². The molecule has 116 valence electrons. The van der Waals surface area contributed by atoms with Crippen LogP contribution in [-0.2, 0) is 16.4 Å². The molecular formula is C14H20BrN3O2S. The third-order valence-corrected chi connectivity index (χ3v) is 6.34. The van der Waals surface area contributed by atoms with Crippen molar-refractivity contribution in [2.24, 2.45) is 0 Å². The molecule has 2 fully saturated rings. The molecule has 0 amide bonds. The van der Waals surface area contributed by atoms with Gasteiger partial charge in [0.1, 0.15) is 5.82 Å². The van der Waals surface area contributed by atoms with Crippen molar-refractivity contribution >= 4 is 31.6 Å². The number of sulfone groups is 1. The van der Waals surface area contributed by atoms with Crippen LogP contribution in [0.4, 0.5) is 5.82 Å². The van der Waals surface area contributed by atoms with E-state index in [2.05, 4.69) is 32.3 Å². The molecule has 0 radical (unpaired) electrons. The Balaban J connectivity index is 1.79. The zero-order valence-electron chi connectivity index (χ0n) is 12.0.